The zero-order valence-electron chi connectivity index (χ0n) is 14.0. The number of para-hydroxylation sites is 1. The molecule has 2 amide bonds. The maximum atomic E-state index is 12.6. The fraction of sp³-hybridized carbons (Fsp3) is 0.200. The number of hydrogen-bond acceptors (Lipinski definition) is 3. The Balaban J connectivity index is 1.41. The molecule has 1 aliphatic rings. The molecule has 4 rings (SSSR count). The molecule has 1 aliphatic heterocycles. The lowest BCUT2D eigenvalue weighted by Crippen LogP contribution is -2.39. The first-order valence-corrected chi connectivity index (χ1v) is 8.92. The average molecular weight is 368 g/mol. The number of nitrogens with zero attached hydrogens (tertiary/aromatic N) is 1. The van der Waals surface area contributed by atoms with Crippen LogP contribution in [0.3, 0.4) is 0 Å². The van der Waals surface area contributed by atoms with E-state index in [-0.39, 0.29) is 18.2 Å². The highest BCUT2D eigenvalue weighted by molar-refractivity contribution is 6.31. The summed E-state index contributed by atoms with van der Waals surface area (Å²) in [7, 11) is 0. The van der Waals surface area contributed by atoms with Crippen LogP contribution in [-0.4, -0.2) is 29.4 Å². The van der Waals surface area contributed by atoms with Gasteiger partial charge in [0, 0.05) is 28.7 Å². The van der Waals surface area contributed by atoms with Crippen molar-refractivity contribution in [2.24, 2.45) is 0 Å². The summed E-state index contributed by atoms with van der Waals surface area (Å²) >= 11 is 5.98. The standard InChI is InChI=1S/C20H18ClN3O2/c21-14-4-3-5-15(10-14)24-19(25)11-18(20(24)26)22-9-8-13-12-23-17-7-2-1-6-16(13)17/h1-7,10,12,18,22-23H,8-9,11H2/t18-/m1/s1. The highest BCUT2D eigenvalue weighted by Gasteiger charge is 2.39. The Labute approximate surface area is 155 Å². The average Bonchev–Trinajstić information content (AvgIpc) is 3.16. The SMILES string of the molecule is O=C1C[C@@H](NCCc2c[nH]c3ccccc23)C(=O)N1c1cccc(Cl)c1. The summed E-state index contributed by atoms with van der Waals surface area (Å²) in [6.07, 6.45) is 2.94. The van der Waals surface area contributed by atoms with Gasteiger partial charge in [0.2, 0.25) is 5.91 Å². The molecular weight excluding hydrogens is 350 g/mol. The Kier molecular flexibility index (Phi) is 4.49. The van der Waals surface area contributed by atoms with Crippen LogP contribution in [0.1, 0.15) is 12.0 Å². The van der Waals surface area contributed by atoms with Crippen molar-refractivity contribution in [3.63, 3.8) is 0 Å². The number of aromatic nitrogens is 1. The van der Waals surface area contributed by atoms with E-state index in [9.17, 15) is 9.59 Å². The van der Waals surface area contributed by atoms with Gasteiger partial charge in [-0.05, 0) is 36.2 Å². The van der Waals surface area contributed by atoms with E-state index in [0.29, 0.717) is 17.3 Å². The Morgan fingerprint density at radius 2 is 2.00 bits per heavy atom. The van der Waals surface area contributed by atoms with Gasteiger partial charge in [-0.15, -0.1) is 0 Å². The van der Waals surface area contributed by atoms with Gasteiger partial charge in [0.15, 0.2) is 0 Å². The zero-order valence-corrected chi connectivity index (χ0v) is 14.8. The third-order valence-electron chi connectivity index (χ3n) is 4.67. The van der Waals surface area contributed by atoms with E-state index in [1.165, 1.54) is 15.8 Å². The summed E-state index contributed by atoms with van der Waals surface area (Å²) in [6.45, 7) is 0.620. The summed E-state index contributed by atoms with van der Waals surface area (Å²) in [6, 6.07) is 14.4. The normalized spacial score (nSPS) is 17.4. The van der Waals surface area contributed by atoms with Crippen LogP contribution in [-0.2, 0) is 16.0 Å². The molecule has 2 heterocycles. The molecule has 1 fully saturated rings. The van der Waals surface area contributed by atoms with Crippen LogP contribution >= 0.6 is 11.6 Å². The molecule has 2 N–H and O–H groups in total. The summed E-state index contributed by atoms with van der Waals surface area (Å²) < 4.78 is 0. The van der Waals surface area contributed by atoms with Crippen molar-refractivity contribution in [2.45, 2.75) is 18.9 Å². The largest absolute Gasteiger partial charge is 0.361 e. The Morgan fingerprint density at radius 1 is 1.15 bits per heavy atom. The fourth-order valence-electron chi connectivity index (χ4n) is 3.40. The third-order valence-corrected chi connectivity index (χ3v) is 4.91. The van der Waals surface area contributed by atoms with Crippen molar-refractivity contribution >= 4 is 40.0 Å². The molecule has 0 unspecified atom stereocenters. The smallest absolute Gasteiger partial charge is 0.251 e. The number of nitrogens with one attached hydrogen (secondary N) is 2. The fourth-order valence-corrected chi connectivity index (χ4v) is 3.58. The van der Waals surface area contributed by atoms with Crippen molar-refractivity contribution in [3.05, 3.63) is 65.3 Å². The van der Waals surface area contributed by atoms with Crippen LogP contribution in [0, 0.1) is 0 Å². The van der Waals surface area contributed by atoms with Gasteiger partial charge >= 0.3 is 0 Å². The summed E-state index contributed by atoms with van der Waals surface area (Å²) in [5.41, 5.74) is 2.81. The number of H-pyrrole nitrogens is 1. The minimum absolute atomic E-state index is 0.166. The first-order chi connectivity index (χ1) is 12.6. The number of carbonyl (C=O) groups excluding carboxylic acids is 2. The topological polar surface area (TPSA) is 65.2 Å². The van der Waals surface area contributed by atoms with Crippen molar-refractivity contribution in [2.75, 3.05) is 11.4 Å². The van der Waals surface area contributed by atoms with Gasteiger partial charge in [-0.3, -0.25) is 9.59 Å². The highest BCUT2D eigenvalue weighted by Crippen LogP contribution is 2.25. The van der Waals surface area contributed by atoms with Crippen molar-refractivity contribution in [1.29, 1.82) is 0 Å². The Bertz CT molecular complexity index is 982. The van der Waals surface area contributed by atoms with Gasteiger partial charge in [-0.25, -0.2) is 4.90 Å². The van der Waals surface area contributed by atoms with Gasteiger partial charge in [0.05, 0.1) is 18.2 Å². The number of anilines is 1. The first kappa shape index (κ1) is 16.8. The molecule has 1 aromatic heterocycles. The van der Waals surface area contributed by atoms with E-state index in [4.69, 9.17) is 11.6 Å². The monoisotopic (exact) mass is 367 g/mol. The minimum Gasteiger partial charge on any atom is -0.361 e. The molecule has 3 aromatic rings. The second kappa shape index (κ2) is 6.94. The minimum atomic E-state index is -0.494. The molecule has 0 bridgehead atoms. The van der Waals surface area contributed by atoms with Crippen LogP contribution in [0.4, 0.5) is 5.69 Å². The molecule has 5 nitrogen and oxygen atoms in total. The van der Waals surface area contributed by atoms with E-state index in [1.807, 2.05) is 24.4 Å². The molecule has 0 radical (unpaired) electrons. The molecule has 6 heteroatoms. The molecule has 1 saturated heterocycles. The second-order valence-corrected chi connectivity index (χ2v) is 6.80. The molecule has 132 valence electrons. The summed E-state index contributed by atoms with van der Waals surface area (Å²) in [5.74, 6) is -0.432. The van der Waals surface area contributed by atoms with Crippen LogP contribution < -0.4 is 10.2 Å². The number of halogens is 1. The zero-order chi connectivity index (χ0) is 18.1. The molecule has 26 heavy (non-hydrogen) atoms. The van der Waals surface area contributed by atoms with E-state index >= 15 is 0 Å². The highest BCUT2D eigenvalue weighted by atomic mass is 35.5. The number of carbonyl (C=O) groups is 2. The van der Waals surface area contributed by atoms with Gasteiger partial charge in [0.1, 0.15) is 0 Å². The molecule has 0 spiro atoms. The number of imide groups is 1. The second-order valence-electron chi connectivity index (χ2n) is 6.37. The van der Waals surface area contributed by atoms with Crippen molar-refractivity contribution in [1.82, 2.24) is 10.3 Å². The van der Waals surface area contributed by atoms with Crippen LogP contribution in [0.2, 0.25) is 5.02 Å². The predicted octanol–water partition coefficient (Wildman–Crippen LogP) is 3.29. The summed E-state index contributed by atoms with van der Waals surface area (Å²) in [4.78, 5) is 29.4. The van der Waals surface area contributed by atoms with Gasteiger partial charge in [-0.1, -0.05) is 35.9 Å². The van der Waals surface area contributed by atoms with Crippen LogP contribution in [0.15, 0.2) is 54.7 Å². The maximum absolute atomic E-state index is 12.6. The van der Waals surface area contributed by atoms with Crippen LogP contribution in [0.25, 0.3) is 10.9 Å². The molecule has 0 saturated carbocycles. The number of amides is 2. The Hall–Kier alpha value is -2.63. The van der Waals surface area contributed by atoms with Gasteiger partial charge in [-0.2, -0.15) is 0 Å². The summed E-state index contributed by atoms with van der Waals surface area (Å²) in [5, 5.41) is 4.90. The lowest BCUT2D eigenvalue weighted by molar-refractivity contribution is -0.121. The lowest BCUT2D eigenvalue weighted by atomic mass is 10.1. The third kappa shape index (κ3) is 3.11. The van der Waals surface area contributed by atoms with Crippen LogP contribution in [0.5, 0.6) is 0 Å². The number of fused-ring (bicyclic) bond motifs is 1. The first-order valence-electron chi connectivity index (χ1n) is 8.54. The predicted molar refractivity (Wildman–Crippen MR) is 102 cm³/mol. The van der Waals surface area contributed by atoms with Gasteiger partial charge in [0.25, 0.3) is 5.91 Å². The quantitative estimate of drug-likeness (QED) is 0.680. The molecule has 2 aromatic carbocycles. The van der Waals surface area contributed by atoms with Crippen molar-refractivity contribution < 1.29 is 9.59 Å². The lowest BCUT2D eigenvalue weighted by Gasteiger charge is -2.15. The number of rotatable bonds is 5. The van der Waals surface area contributed by atoms with E-state index in [1.54, 1.807) is 24.3 Å². The van der Waals surface area contributed by atoms with E-state index in [2.05, 4.69) is 16.4 Å². The number of benzene rings is 2. The molecule has 0 aliphatic carbocycles. The Morgan fingerprint density at radius 3 is 2.85 bits per heavy atom. The molecular formula is C20H18ClN3O2. The maximum Gasteiger partial charge on any atom is 0.251 e. The molecule has 1 atom stereocenters. The van der Waals surface area contributed by atoms with E-state index < -0.39 is 6.04 Å². The number of hydrogen-bond donors (Lipinski definition) is 2. The number of aromatic amines is 1. The van der Waals surface area contributed by atoms with Gasteiger partial charge < -0.3 is 10.3 Å². The van der Waals surface area contributed by atoms with Crippen molar-refractivity contribution in [3.8, 4) is 0 Å². The van der Waals surface area contributed by atoms with E-state index in [0.717, 1.165) is 11.9 Å².